The SMILES string of the molecule is CCc1nn(C)c2n[nH]c(NC(=O)[C@H]3C[C@H]4CC[C@H]3C4)c12. The molecule has 2 aromatic heterocycles. The minimum atomic E-state index is 0.152. The minimum Gasteiger partial charge on any atom is -0.310 e. The molecule has 2 bridgehead atoms. The number of anilines is 1. The lowest BCUT2D eigenvalue weighted by atomic mass is 9.88. The Morgan fingerprint density at radius 3 is 2.95 bits per heavy atom. The summed E-state index contributed by atoms with van der Waals surface area (Å²) in [5.74, 6) is 2.41. The summed E-state index contributed by atoms with van der Waals surface area (Å²) in [6.45, 7) is 2.07. The molecule has 6 nitrogen and oxygen atoms in total. The molecule has 112 valence electrons. The third-order valence-corrected chi connectivity index (χ3v) is 5.27. The highest BCUT2D eigenvalue weighted by Crippen LogP contribution is 2.48. The molecule has 2 aliphatic rings. The van der Waals surface area contributed by atoms with Crippen LogP contribution in [-0.2, 0) is 18.3 Å². The largest absolute Gasteiger partial charge is 0.310 e. The minimum absolute atomic E-state index is 0.152. The van der Waals surface area contributed by atoms with Crippen molar-refractivity contribution >= 4 is 22.8 Å². The van der Waals surface area contributed by atoms with Crippen molar-refractivity contribution in [1.29, 1.82) is 0 Å². The second kappa shape index (κ2) is 4.58. The fourth-order valence-corrected chi connectivity index (χ4v) is 4.24. The number of carbonyl (C=O) groups is 1. The van der Waals surface area contributed by atoms with E-state index in [4.69, 9.17) is 0 Å². The molecule has 0 aliphatic heterocycles. The summed E-state index contributed by atoms with van der Waals surface area (Å²) in [4.78, 5) is 12.6. The first-order valence-electron chi connectivity index (χ1n) is 7.88. The van der Waals surface area contributed by atoms with Crippen molar-refractivity contribution < 1.29 is 4.79 Å². The van der Waals surface area contributed by atoms with Gasteiger partial charge in [-0.05, 0) is 37.5 Å². The lowest BCUT2D eigenvalue weighted by Crippen LogP contribution is -2.27. The molecule has 0 radical (unpaired) electrons. The number of aryl methyl sites for hydroxylation is 2. The van der Waals surface area contributed by atoms with Crippen molar-refractivity contribution in [1.82, 2.24) is 20.0 Å². The Kier molecular flexibility index (Phi) is 2.80. The molecular formula is C15H21N5O. The van der Waals surface area contributed by atoms with Gasteiger partial charge in [0, 0.05) is 13.0 Å². The van der Waals surface area contributed by atoms with E-state index in [0.717, 1.165) is 35.5 Å². The molecule has 2 N–H and O–H groups in total. The maximum Gasteiger partial charge on any atom is 0.228 e. The lowest BCUT2D eigenvalue weighted by Gasteiger charge is -2.20. The van der Waals surface area contributed by atoms with Crippen molar-refractivity contribution in [3.05, 3.63) is 5.69 Å². The van der Waals surface area contributed by atoms with E-state index < -0.39 is 0 Å². The molecule has 2 saturated carbocycles. The van der Waals surface area contributed by atoms with Crippen LogP contribution >= 0.6 is 0 Å². The zero-order chi connectivity index (χ0) is 14.6. The highest BCUT2D eigenvalue weighted by atomic mass is 16.2. The smallest absolute Gasteiger partial charge is 0.228 e. The molecule has 0 aromatic carbocycles. The van der Waals surface area contributed by atoms with E-state index in [2.05, 4.69) is 27.5 Å². The normalized spacial score (nSPS) is 27.6. The molecular weight excluding hydrogens is 266 g/mol. The molecule has 6 heteroatoms. The van der Waals surface area contributed by atoms with Crippen LogP contribution in [0.15, 0.2) is 0 Å². The Bertz CT molecular complexity index is 700. The zero-order valence-corrected chi connectivity index (χ0v) is 12.5. The molecule has 0 spiro atoms. The maximum absolute atomic E-state index is 12.6. The third-order valence-electron chi connectivity index (χ3n) is 5.27. The van der Waals surface area contributed by atoms with Gasteiger partial charge in [0.1, 0.15) is 5.82 Å². The van der Waals surface area contributed by atoms with E-state index in [1.54, 1.807) is 4.68 Å². The van der Waals surface area contributed by atoms with E-state index >= 15 is 0 Å². The van der Waals surface area contributed by atoms with Crippen LogP contribution in [0.25, 0.3) is 11.0 Å². The molecule has 2 aliphatic carbocycles. The number of nitrogens with zero attached hydrogens (tertiary/aromatic N) is 3. The average molecular weight is 287 g/mol. The standard InChI is InChI=1S/C15H21N5O/c1-3-11-12-13(17-18-14(12)20(2)19-11)16-15(21)10-7-8-4-5-9(10)6-8/h8-10H,3-7H2,1-2H3,(H2,16,17,18,21)/t8-,9-,10-/m0/s1. The van der Waals surface area contributed by atoms with E-state index in [-0.39, 0.29) is 11.8 Å². The average Bonchev–Trinajstić information content (AvgIpc) is 3.22. The number of nitrogens with one attached hydrogen (secondary N) is 2. The third kappa shape index (κ3) is 1.88. The number of rotatable bonds is 3. The lowest BCUT2D eigenvalue weighted by molar-refractivity contribution is -0.121. The number of aromatic nitrogens is 4. The fourth-order valence-electron chi connectivity index (χ4n) is 4.24. The van der Waals surface area contributed by atoms with E-state index in [0.29, 0.717) is 11.7 Å². The van der Waals surface area contributed by atoms with Gasteiger partial charge < -0.3 is 5.32 Å². The van der Waals surface area contributed by atoms with E-state index in [1.807, 2.05) is 7.05 Å². The van der Waals surface area contributed by atoms with Gasteiger partial charge >= 0.3 is 0 Å². The van der Waals surface area contributed by atoms with E-state index in [9.17, 15) is 4.79 Å². The molecule has 21 heavy (non-hydrogen) atoms. The van der Waals surface area contributed by atoms with Crippen LogP contribution < -0.4 is 5.32 Å². The van der Waals surface area contributed by atoms with Crippen molar-refractivity contribution in [3.63, 3.8) is 0 Å². The zero-order valence-electron chi connectivity index (χ0n) is 12.5. The molecule has 2 aromatic rings. The topological polar surface area (TPSA) is 75.6 Å². The number of hydrogen-bond donors (Lipinski definition) is 2. The predicted octanol–water partition coefficient (Wildman–Crippen LogP) is 2.23. The van der Waals surface area contributed by atoms with Crippen LogP contribution in [-0.4, -0.2) is 25.9 Å². The molecule has 3 atom stereocenters. The first-order chi connectivity index (χ1) is 10.2. The quantitative estimate of drug-likeness (QED) is 0.909. The summed E-state index contributed by atoms with van der Waals surface area (Å²) in [6, 6.07) is 0. The van der Waals surface area contributed by atoms with E-state index in [1.165, 1.54) is 19.3 Å². The summed E-state index contributed by atoms with van der Waals surface area (Å²) >= 11 is 0. The van der Waals surface area contributed by atoms with Gasteiger partial charge in [-0.3, -0.25) is 9.89 Å². The van der Waals surface area contributed by atoms with Crippen LogP contribution in [0.2, 0.25) is 0 Å². The van der Waals surface area contributed by atoms with Crippen molar-refractivity contribution in [2.45, 2.75) is 39.0 Å². The van der Waals surface area contributed by atoms with Crippen molar-refractivity contribution in [3.8, 4) is 0 Å². The summed E-state index contributed by atoms with van der Waals surface area (Å²) < 4.78 is 1.76. The Morgan fingerprint density at radius 1 is 1.43 bits per heavy atom. The summed E-state index contributed by atoms with van der Waals surface area (Å²) in [6.07, 6.45) is 5.65. The number of aromatic amines is 1. The van der Waals surface area contributed by atoms with Gasteiger partial charge in [-0.2, -0.15) is 10.2 Å². The second-order valence-electron chi connectivity index (χ2n) is 6.49. The molecule has 2 heterocycles. The molecule has 0 saturated heterocycles. The highest BCUT2D eigenvalue weighted by Gasteiger charge is 2.43. The van der Waals surface area contributed by atoms with Gasteiger partial charge in [0.2, 0.25) is 5.91 Å². The number of hydrogen-bond acceptors (Lipinski definition) is 3. The Hall–Kier alpha value is -1.85. The molecule has 0 unspecified atom stereocenters. The summed E-state index contributed by atoms with van der Waals surface area (Å²) in [5, 5.41) is 15.7. The summed E-state index contributed by atoms with van der Waals surface area (Å²) in [7, 11) is 1.88. The number of H-pyrrole nitrogens is 1. The van der Waals surface area contributed by atoms with Gasteiger partial charge in [-0.15, -0.1) is 0 Å². The fraction of sp³-hybridized carbons (Fsp3) is 0.667. The first kappa shape index (κ1) is 12.9. The highest BCUT2D eigenvalue weighted by molar-refractivity contribution is 6.01. The van der Waals surface area contributed by atoms with Gasteiger partial charge in [0.15, 0.2) is 5.65 Å². The maximum atomic E-state index is 12.6. The molecule has 1 amide bonds. The van der Waals surface area contributed by atoms with Crippen LogP contribution in [0.5, 0.6) is 0 Å². The Labute approximate surface area is 123 Å². The van der Waals surface area contributed by atoms with Gasteiger partial charge in [0.25, 0.3) is 0 Å². The van der Waals surface area contributed by atoms with Gasteiger partial charge in [-0.1, -0.05) is 13.3 Å². The van der Waals surface area contributed by atoms with Crippen LogP contribution in [0.3, 0.4) is 0 Å². The van der Waals surface area contributed by atoms with Crippen molar-refractivity contribution in [2.24, 2.45) is 24.8 Å². The first-order valence-corrected chi connectivity index (χ1v) is 7.88. The van der Waals surface area contributed by atoms with Crippen molar-refractivity contribution in [2.75, 3.05) is 5.32 Å². The Balaban J connectivity index is 1.61. The number of carbonyl (C=O) groups excluding carboxylic acids is 1. The predicted molar refractivity (Wildman–Crippen MR) is 79.8 cm³/mol. The van der Waals surface area contributed by atoms with Crippen LogP contribution in [0.4, 0.5) is 5.82 Å². The van der Waals surface area contributed by atoms with Gasteiger partial charge in [-0.25, -0.2) is 4.68 Å². The number of amides is 1. The Morgan fingerprint density at radius 2 is 2.29 bits per heavy atom. The van der Waals surface area contributed by atoms with Crippen LogP contribution in [0.1, 0.15) is 38.3 Å². The molecule has 4 rings (SSSR count). The van der Waals surface area contributed by atoms with Crippen LogP contribution in [0, 0.1) is 17.8 Å². The molecule has 2 fully saturated rings. The summed E-state index contributed by atoms with van der Waals surface area (Å²) in [5.41, 5.74) is 1.78. The monoisotopic (exact) mass is 287 g/mol. The number of fused-ring (bicyclic) bond motifs is 3. The second-order valence-corrected chi connectivity index (χ2v) is 6.49. The van der Waals surface area contributed by atoms with Gasteiger partial charge in [0.05, 0.1) is 11.1 Å².